The first-order chi connectivity index (χ1) is 11.8. The summed E-state index contributed by atoms with van der Waals surface area (Å²) >= 11 is 0. The molecule has 1 amide bonds. The number of pyridine rings is 1. The Bertz CT molecular complexity index is 591. The monoisotopic (exact) mass is 356 g/mol. The minimum Gasteiger partial charge on any atom is -0.468 e. The second-order valence-electron chi connectivity index (χ2n) is 7.15. The highest BCUT2D eigenvalue weighted by Gasteiger charge is 2.38. The number of halogens is 3. The maximum absolute atomic E-state index is 12.9. The second-order valence-corrected chi connectivity index (χ2v) is 7.15. The molecule has 0 aromatic carbocycles. The van der Waals surface area contributed by atoms with E-state index in [0.717, 1.165) is 38.5 Å². The lowest BCUT2D eigenvalue weighted by Crippen LogP contribution is -2.43. The van der Waals surface area contributed by atoms with Gasteiger partial charge in [-0.3, -0.25) is 4.79 Å². The van der Waals surface area contributed by atoms with Crippen molar-refractivity contribution in [3.05, 3.63) is 23.9 Å². The van der Waals surface area contributed by atoms with E-state index in [-0.39, 0.29) is 17.8 Å². The van der Waals surface area contributed by atoms with Gasteiger partial charge in [0.15, 0.2) is 6.61 Å². The third kappa shape index (κ3) is 4.86. The molecule has 0 N–H and O–H groups in total. The normalized spacial score (nSPS) is 24.0. The molecule has 0 radical (unpaired) electrons. The van der Waals surface area contributed by atoms with Gasteiger partial charge in [-0.1, -0.05) is 6.92 Å². The summed E-state index contributed by atoms with van der Waals surface area (Å²) in [5, 5.41) is 0. The van der Waals surface area contributed by atoms with Crippen LogP contribution in [0, 0.1) is 5.92 Å². The van der Waals surface area contributed by atoms with Gasteiger partial charge in [0, 0.05) is 24.3 Å². The number of ether oxygens (including phenoxy) is 1. The molecule has 0 atom stereocenters. The van der Waals surface area contributed by atoms with E-state index in [1.165, 1.54) is 18.3 Å². The van der Waals surface area contributed by atoms with Crippen LogP contribution in [0.2, 0.25) is 0 Å². The van der Waals surface area contributed by atoms with Gasteiger partial charge in [-0.25, -0.2) is 4.98 Å². The maximum atomic E-state index is 12.9. The summed E-state index contributed by atoms with van der Waals surface area (Å²) in [5.41, 5.74) is 0.407. The fourth-order valence-corrected chi connectivity index (χ4v) is 3.40. The number of nitrogens with zero attached hydrogens (tertiary/aromatic N) is 2. The van der Waals surface area contributed by atoms with E-state index < -0.39 is 12.8 Å². The second kappa shape index (κ2) is 7.22. The van der Waals surface area contributed by atoms with Crippen molar-refractivity contribution in [3.8, 4) is 5.88 Å². The Morgan fingerprint density at radius 2 is 1.76 bits per heavy atom. The molecule has 0 unspecified atom stereocenters. The molecule has 0 aliphatic heterocycles. The van der Waals surface area contributed by atoms with E-state index in [1.54, 1.807) is 0 Å². The van der Waals surface area contributed by atoms with Crippen molar-refractivity contribution in [2.24, 2.45) is 5.92 Å². The zero-order valence-corrected chi connectivity index (χ0v) is 14.3. The summed E-state index contributed by atoms with van der Waals surface area (Å²) in [4.78, 5) is 18.7. The Kier molecular flexibility index (Phi) is 5.20. The molecule has 0 bridgehead atoms. The molecule has 1 heterocycles. The van der Waals surface area contributed by atoms with Crippen molar-refractivity contribution >= 4 is 5.91 Å². The molecule has 2 saturated carbocycles. The fraction of sp³-hybridized carbons (Fsp3) is 0.667. The number of rotatable bonds is 5. The zero-order valence-electron chi connectivity index (χ0n) is 14.3. The van der Waals surface area contributed by atoms with Crippen molar-refractivity contribution in [1.82, 2.24) is 9.88 Å². The van der Waals surface area contributed by atoms with Crippen molar-refractivity contribution in [3.63, 3.8) is 0 Å². The topological polar surface area (TPSA) is 42.4 Å². The van der Waals surface area contributed by atoms with Gasteiger partial charge in [-0.05, 0) is 50.5 Å². The summed E-state index contributed by atoms with van der Waals surface area (Å²) in [7, 11) is 0. The Morgan fingerprint density at radius 3 is 2.24 bits per heavy atom. The maximum Gasteiger partial charge on any atom is 0.422 e. The van der Waals surface area contributed by atoms with Crippen molar-refractivity contribution in [2.45, 2.75) is 63.7 Å². The predicted molar refractivity (Wildman–Crippen MR) is 86.4 cm³/mol. The predicted octanol–water partition coefficient (Wildman–Crippen LogP) is 4.21. The molecular weight excluding hydrogens is 333 g/mol. The molecule has 0 spiro atoms. The number of aromatic nitrogens is 1. The first kappa shape index (κ1) is 18.0. The molecule has 2 fully saturated rings. The average Bonchev–Trinajstić information content (AvgIpc) is 3.39. The SMILES string of the molecule is CC1CCC(N(C(=O)c2ccc(OCC(F)(F)F)nc2)C2CC2)CC1. The smallest absolute Gasteiger partial charge is 0.422 e. The van der Waals surface area contributed by atoms with Crippen LogP contribution in [-0.4, -0.2) is 40.7 Å². The van der Waals surface area contributed by atoms with Crippen LogP contribution >= 0.6 is 0 Å². The standard InChI is InChI=1S/C18H23F3N2O2/c1-12-2-5-14(6-3-12)23(15-7-8-15)17(24)13-4-9-16(22-10-13)25-11-18(19,20)21/h4,9-10,12,14-15H,2-3,5-8,11H2,1H3. The van der Waals surface area contributed by atoms with Gasteiger partial charge >= 0.3 is 6.18 Å². The van der Waals surface area contributed by atoms with Crippen LogP contribution in [0.1, 0.15) is 55.8 Å². The molecule has 25 heavy (non-hydrogen) atoms. The largest absolute Gasteiger partial charge is 0.468 e. The molecule has 2 aliphatic carbocycles. The number of carbonyl (C=O) groups is 1. The van der Waals surface area contributed by atoms with Crippen LogP contribution in [0.3, 0.4) is 0 Å². The fourth-order valence-electron chi connectivity index (χ4n) is 3.40. The van der Waals surface area contributed by atoms with E-state index in [1.807, 2.05) is 4.90 Å². The van der Waals surface area contributed by atoms with Gasteiger partial charge in [-0.15, -0.1) is 0 Å². The minimum absolute atomic E-state index is 0.0723. The first-order valence-corrected chi connectivity index (χ1v) is 8.82. The van der Waals surface area contributed by atoms with Crippen molar-refractivity contribution < 1.29 is 22.7 Å². The zero-order chi connectivity index (χ0) is 18.0. The van der Waals surface area contributed by atoms with E-state index in [9.17, 15) is 18.0 Å². The number of alkyl halides is 3. The molecule has 1 aromatic heterocycles. The van der Waals surface area contributed by atoms with Gasteiger partial charge in [0.1, 0.15) is 0 Å². The van der Waals surface area contributed by atoms with Gasteiger partial charge < -0.3 is 9.64 Å². The van der Waals surface area contributed by atoms with Gasteiger partial charge in [-0.2, -0.15) is 13.2 Å². The molecular formula is C18H23F3N2O2. The lowest BCUT2D eigenvalue weighted by atomic mass is 9.86. The third-order valence-corrected chi connectivity index (χ3v) is 4.92. The van der Waals surface area contributed by atoms with E-state index in [4.69, 9.17) is 0 Å². The summed E-state index contributed by atoms with van der Waals surface area (Å²) in [6, 6.07) is 3.39. The molecule has 7 heteroatoms. The van der Waals surface area contributed by atoms with Crippen LogP contribution in [-0.2, 0) is 0 Å². The van der Waals surface area contributed by atoms with Gasteiger partial charge in [0.2, 0.25) is 5.88 Å². The van der Waals surface area contributed by atoms with Crippen LogP contribution in [0.4, 0.5) is 13.2 Å². The summed E-state index contributed by atoms with van der Waals surface area (Å²) in [5.74, 6) is 0.509. The van der Waals surface area contributed by atoms with Crippen molar-refractivity contribution in [2.75, 3.05) is 6.61 Å². The third-order valence-electron chi connectivity index (χ3n) is 4.92. The number of amides is 1. The van der Waals surface area contributed by atoms with Crippen LogP contribution in [0.15, 0.2) is 18.3 Å². The number of hydrogen-bond donors (Lipinski definition) is 0. The highest BCUT2D eigenvalue weighted by atomic mass is 19.4. The van der Waals surface area contributed by atoms with Gasteiger partial charge in [0.25, 0.3) is 5.91 Å². The molecule has 138 valence electrons. The van der Waals surface area contributed by atoms with Crippen LogP contribution in [0.5, 0.6) is 5.88 Å². The molecule has 3 rings (SSSR count). The summed E-state index contributed by atoms with van der Waals surface area (Å²) in [6.07, 6.45) is 3.25. The quantitative estimate of drug-likeness (QED) is 0.794. The first-order valence-electron chi connectivity index (χ1n) is 8.82. The van der Waals surface area contributed by atoms with Crippen LogP contribution in [0.25, 0.3) is 0 Å². The van der Waals surface area contributed by atoms with E-state index in [0.29, 0.717) is 17.5 Å². The lowest BCUT2D eigenvalue weighted by molar-refractivity contribution is -0.154. The molecule has 0 saturated heterocycles. The number of carbonyl (C=O) groups excluding carboxylic acids is 1. The van der Waals surface area contributed by atoms with E-state index >= 15 is 0 Å². The Morgan fingerprint density at radius 1 is 1.16 bits per heavy atom. The number of hydrogen-bond acceptors (Lipinski definition) is 3. The highest BCUT2D eigenvalue weighted by Crippen LogP contribution is 2.36. The summed E-state index contributed by atoms with van der Waals surface area (Å²) < 4.78 is 41.1. The Hall–Kier alpha value is -1.79. The van der Waals surface area contributed by atoms with Gasteiger partial charge in [0.05, 0.1) is 5.56 Å². The average molecular weight is 356 g/mol. The van der Waals surface area contributed by atoms with Crippen molar-refractivity contribution in [1.29, 1.82) is 0 Å². The molecule has 4 nitrogen and oxygen atoms in total. The Labute approximate surface area is 145 Å². The Balaban J connectivity index is 1.66. The highest BCUT2D eigenvalue weighted by molar-refractivity contribution is 5.94. The minimum atomic E-state index is -4.41. The molecule has 2 aliphatic rings. The summed E-state index contributed by atoms with van der Waals surface area (Å²) in [6.45, 7) is 0.852. The van der Waals surface area contributed by atoms with E-state index in [2.05, 4.69) is 16.6 Å². The lowest BCUT2D eigenvalue weighted by Gasteiger charge is -2.36. The van der Waals surface area contributed by atoms with Crippen LogP contribution < -0.4 is 4.74 Å². The molecule has 1 aromatic rings.